The van der Waals surface area contributed by atoms with Crippen LogP contribution in [0.5, 0.6) is 0 Å². The maximum Gasteiger partial charge on any atom is 0.250 e. The van der Waals surface area contributed by atoms with Crippen molar-refractivity contribution in [3.8, 4) is 0 Å². The van der Waals surface area contributed by atoms with E-state index in [1.165, 1.54) is 22.1 Å². The van der Waals surface area contributed by atoms with Crippen molar-refractivity contribution in [2.24, 2.45) is 0 Å². The van der Waals surface area contributed by atoms with Crippen LogP contribution < -0.4 is 4.90 Å². The smallest absolute Gasteiger partial charge is 0.250 e. The quantitative estimate of drug-likeness (QED) is 0.635. The van der Waals surface area contributed by atoms with Gasteiger partial charge in [-0.05, 0) is 50.4 Å². The molecule has 3 heteroatoms. The van der Waals surface area contributed by atoms with Gasteiger partial charge in [0.1, 0.15) is 11.4 Å². The molecule has 2 heterocycles. The van der Waals surface area contributed by atoms with E-state index in [9.17, 15) is 0 Å². The second-order valence-electron chi connectivity index (χ2n) is 6.25. The Bertz CT molecular complexity index is 920. The minimum absolute atomic E-state index is 0.383. The van der Waals surface area contributed by atoms with Gasteiger partial charge < -0.3 is 0 Å². The van der Waals surface area contributed by atoms with Crippen molar-refractivity contribution < 1.29 is 4.58 Å². The van der Waals surface area contributed by atoms with Crippen LogP contribution in [-0.4, -0.2) is 21.9 Å². The molecule has 0 fully saturated rings. The lowest BCUT2D eigenvalue weighted by atomic mass is 10.0. The van der Waals surface area contributed by atoms with E-state index in [-0.39, 0.29) is 0 Å². The number of benzene rings is 2. The number of nitrogens with zero attached hydrogens (tertiary/aromatic N) is 3. The van der Waals surface area contributed by atoms with Gasteiger partial charge in [-0.3, -0.25) is 4.98 Å². The third-order valence-corrected chi connectivity index (χ3v) is 4.43. The molecule has 0 bridgehead atoms. The SMILES string of the molecule is Cc1ncccc1N1C=[N+](C(C)C)c2cccc3cccc1c23. The van der Waals surface area contributed by atoms with E-state index >= 15 is 0 Å². The average molecular weight is 302 g/mol. The summed E-state index contributed by atoms with van der Waals surface area (Å²) in [6.07, 6.45) is 4.04. The van der Waals surface area contributed by atoms with E-state index in [0.717, 1.165) is 11.4 Å². The Morgan fingerprint density at radius 1 is 0.957 bits per heavy atom. The highest BCUT2D eigenvalue weighted by Crippen LogP contribution is 2.40. The summed E-state index contributed by atoms with van der Waals surface area (Å²) in [5, 5.41) is 2.57. The topological polar surface area (TPSA) is 19.1 Å². The lowest BCUT2D eigenvalue weighted by Crippen LogP contribution is -2.30. The van der Waals surface area contributed by atoms with Crippen molar-refractivity contribution in [1.29, 1.82) is 0 Å². The standard InChI is InChI=1S/C20H20N3/c1-14(2)22-13-23(17-11-6-12-21-15(17)3)19-10-5-8-16-7-4-9-18(22)20(16)19/h4-14H,1-3H3/q+1. The van der Waals surface area contributed by atoms with Crippen molar-refractivity contribution in [3.05, 3.63) is 60.4 Å². The highest BCUT2D eigenvalue weighted by atomic mass is 15.2. The molecule has 0 saturated heterocycles. The first kappa shape index (κ1) is 13.9. The Balaban J connectivity index is 2.06. The van der Waals surface area contributed by atoms with Crippen molar-refractivity contribution in [2.75, 3.05) is 4.90 Å². The molecule has 0 radical (unpaired) electrons. The number of pyridine rings is 1. The Morgan fingerprint density at radius 3 is 2.43 bits per heavy atom. The zero-order valence-electron chi connectivity index (χ0n) is 13.7. The van der Waals surface area contributed by atoms with Crippen molar-refractivity contribution in [1.82, 2.24) is 4.98 Å². The Hall–Kier alpha value is -2.68. The minimum Gasteiger partial charge on any atom is -0.257 e. The lowest BCUT2D eigenvalue weighted by molar-refractivity contribution is -0.470. The lowest BCUT2D eigenvalue weighted by Gasteiger charge is -2.25. The van der Waals surface area contributed by atoms with Crippen LogP contribution in [0, 0.1) is 6.92 Å². The molecule has 114 valence electrons. The zero-order valence-corrected chi connectivity index (χ0v) is 13.7. The highest BCUT2D eigenvalue weighted by Gasteiger charge is 2.29. The largest absolute Gasteiger partial charge is 0.257 e. The molecule has 0 saturated carbocycles. The molecule has 23 heavy (non-hydrogen) atoms. The van der Waals surface area contributed by atoms with Crippen LogP contribution >= 0.6 is 0 Å². The first-order chi connectivity index (χ1) is 11.2. The summed E-state index contributed by atoms with van der Waals surface area (Å²) in [4.78, 5) is 6.73. The van der Waals surface area contributed by atoms with E-state index in [2.05, 4.69) is 84.0 Å². The highest BCUT2D eigenvalue weighted by molar-refractivity contribution is 6.09. The van der Waals surface area contributed by atoms with Crippen LogP contribution in [0.3, 0.4) is 0 Å². The molecule has 0 unspecified atom stereocenters. The number of rotatable bonds is 2. The molecule has 4 rings (SSSR count). The molecule has 0 amide bonds. The van der Waals surface area contributed by atoms with Crippen LogP contribution in [-0.2, 0) is 0 Å². The van der Waals surface area contributed by atoms with Crippen LogP contribution in [0.25, 0.3) is 10.8 Å². The summed E-state index contributed by atoms with van der Waals surface area (Å²) in [6.45, 7) is 6.50. The maximum atomic E-state index is 4.46. The average Bonchev–Trinajstić information content (AvgIpc) is 2.56. The van der Waals surface area contributed by atoms with E-state index in [1.807, 2.05) is 12.3 Å². The van der Waals surface area contributed by atoms with Crippen LogP contribution in [0.1, 0.15) is 19.5 Å². The predicted octanol–water partition coefficient (Wildman–Crippen LogP) is 4.78. The molecule has 0 atom stereocenters. The van der Waals surface area contributed by atoms with Gasteiger partial charge in [0.2, 0.25) is 6.34 Å². The molecule has 2 aromatic carbocycles. The number of aromatic nitrogens is 1. The summed E-state index contributed by atoms with van der Waals surface area (Å²) in [5.74, 6) is 0. The minimum atomic E-state index is 0.383. The summed E-state index contributed by atoms with van der Waals surface area (Å²) in [5.41, 5.74) is 4.64. The monoisotopic (exact) mass is 302 g/mol. The van der Waals surface area contributed by atoms with Crippen molar-refractivity contribution >= 4 is 34.2 Å². The van der Waals surface area contributed by atoms with E-state index in [4.69, 9.17) is 0 Å². The van der Waals surface area contributed by atoms with E-state index in [1.54, 1.807) is 0 Å². The van der Waals surface area contributed by atoms with Crippen LogP contribution in [0.15, 0.2) is 54.7 Å². The van der Waals surface area contributed by atoms with Crippen molar-refractivity contribution in [2.45, 2.75) is 26.8 Å². The molecule has 0 aliphatic carbocycles. The third kappa shape index (κ3) is 2.12. The van der Waals surface area contributed by atoms with Gasteiger partial charge in [-0.2, -0.15) is 4.90 Å². The van der Waals surface area contributed by atoms with Gasteiger partial charge in [0.05, 0.1) is 17.1 Å². The first-order valence-corrected chi connectivity index (χ1v) is 8.03. The van der Waals surface area contributed by atoms with E-state index in [0.29, 0.717) is 6.04 Å². The normalized spacial score (nSPS) is 13.6. The fraction of sp³-hybridized carbons (Fsp3) is 0.200. The molecular weight excluding hydrogens is 282 g/mol. The Labute approximate surface area is 136 Å². The predicted molar refractivity (Wildman–Crippen MR) is 96.2 cm³/mol. The molecule has 1 aliphatic heterocycles. The Kier molecular flexibility index (Phi) is 3.15. The third-order valence-electron chi connectivity index (χ3n) is 4.43. The zero-order chi connectivity index (χ0) is 16.0. The van der Waals surface area contributed by atoms with Gasteiger partial charge in [-0.1, -0.05) is 24.3 Å². The molecule has 3 nitrogen and oxygen atoms in total. The van der Waals surface area contributed by atoms with Crippen molar-refractivity contribution in [3.63, 3.8) is 0 Å². The van der Waals surface area contributed by atoms with E-state index < -0.39 is 0 Å². The fourth-order valence-corrected chi connectivity index (χ4v) is 3.30. The fourth-order valence-electron chi connectivity index (χ4n) is 3.30. The van der Waals surface area contributed by atoms with Gasteiger partial charge in [0, 0.05) is 6.20 Å². The number of hydrogen-bond donors (Lipinski definition) is 0. The molecule has 1 aliphatic rings. The molecule has 0 spiro atoms. The van der Waals surface area contributed by atoms with Gasteiger partial charge in [-0.25, -0.2) is 4.58 Å². The number of hydrogen-bond acceptors (Lipinski definition) is 2. The van der Waals surface area contributed by atoms with Crippen LogP contribution in [0.2, 0.25) is 0 Å². The molecule has 0 N–H and O–H groups in total. The summed E-state index contributed by atoms with van der Waals surface area (Å²) in [6, 6.07) is 17.5. The van der Waals surface area contributed by atoms with Gasteiger partial charge in [0.15, 0.2) is 5.69 Å². The number of aryl methyl sites for hydroxylation is 1. The van der Waals surface area contributed by atoms with Gasteiger partial charge >= 0.3 is 0 Å². The van der Waals surface area contributed by atoms with Gasteiger partial charge in [-0.15, -0.1) is 0 Å². The second-order valence-corrected chi connectivity index (χ2v) is 6.25. The molecular formula is C20H20N3+. The maximum absolute atomic E-state index is 4.46. The summed E-state index contributed by atoms with van der Waals surface area (Å²) >= 11 is 0. The van der Waals surface area contributed by atoms with Crippen LogP contribution in [0.4, 0.5) is 17.1 Å². The first-order valence-electron chi connectivity index (χ1n) is 8.03. The molecule has 1 aromatic heterocycles. The number of anilines is 2. The second kappa shape index (κ2) is 5.20. The summed E-state index contributed by atoms with van der Waals surface area (Å²) < 4.78 is 2.34. The summed E-state index contributed by atoms with van der Waals surface area (Å²) in [7, 11) is 0. The van der Waals surface area contributed by atoms with Gasteiger partial charge in [0.25, 0.3) is 0 Å². The molecule has 3 aromatic rings. The Morgan fingerprint density at radius 2 is 1.70 bits per heavy atom.